The van der Waals surface area contributed by atoms with Gasteiger partial charge in [0.25, 0.3) is 0 Å². The molecule has 0 aromatic rings. The monoisotopic (exact) mass is 292 g/mol. The summed E-state index contributed by atoms with van der Waals surface area (Å²) >= 11 is 1.77. The fraction of sp³-hybridized carbons (Fsp3) is 1.00. The van der Waals surface area contributed by atoms with Gasteiger partial charge in [-0.3, -0.25) is 4.57 Å². The minimum atomic E-state index is -2.34. The molecule has 4 heteroatoms. The lowest BCUT2D eigenvalue weighted by atomic mass is 9.82. The molecular weight excluding hydrogens is 263 g/mol. The maximum absolute atomic E-state index is 12.7. The van der Waals surface area contributed by atoms with Crippen LogP contribution in [0.5, 0.6) is 0 Å². The second-order valence-electron chi connectivity index (χ2n) is 5.87. The molecule has 0 radical (unpaired) electrons. The summed E-state index contributed by atoms with van der Waals surface area (Å²) in [7, 11) is -2.34. The Bertz CT molecular complexity index is 283. The molecule has 0 amide bonds. The third-order valence-electron chi connectivity index (χ3n) is 3.76. The van der Waals surface area contributed by atoms with Crippen molar-refractivity contribution in [1.82, 2.24) is 0 Å². The highest BCUT2D eigenvalue weighted by molar-refractivity contribution is 7.99. The van der Waals surface area contributed by atoms with Crippen molar-refractivity contribution >= 4 is 19.1 Å². The molecule has 1 aliphatic heterocycles. The third-order valence-corrected chi connectivity index (χ3v) is 7.75. The molecule has 1 saturated heterocycles. The van der Waals surface area contributed by atoms with Crippen LogP contribution in [0.4, 0.5) is 0 Å². The van der Waals surface area contributed by atoms with Crippen LogP contribution in [0.3, 0.4) is 0 Å². The van der Waals surface area contributed by atoms with Gasteiger partial charge in [-0.1, -0.05) is 33.6 Å². The molecular formula is C14H29O2PS. The van der Waals surface area contributed by atoms with Gasteiger partial charge in [-0.25, -0.2) is 0 Å². The normalized spacial score (nSPS) is 32.6. The second kappa shape index (κ2) is 7.97. The van der Waals surface area contributed by atoms with Gasteiger partial charge in [-0.15, -0.1) is 11.8 Å². The highest BCUT2D eigenvalue weighted by Gasteiger charge is 2.39. The van der Waals surface area contributed by atoms with Crippen molar-refractivity contribution in [2.24, 2.45) is 5.41 Å². The van der Waals surface area contributed by atoms with Crippen molar-refractivity contribution in [3.63, 3.8) is 0 Å². The molecule has 0 saturated carbocycles. The first-order valence-corrected chi connectivity index (χ1v) is 10.5. The lowest BCUT2D eigenvalue weighted by Crippen LogP contribution is -2.27. The molecule has 2 unspecified atom stereocenters. The Morgan fingerprint density at radius 1 is 1.33 bits per heavy atom. The number of rotatable bonds is 8. The first-order chi connectivity index (χ1) is 8.54. The summed E-state index contributed by atoms with van der Waals surface area (Å²) in [6, 6.07) is 0. The maximum Gasteiger partial charge on any atom is 0.204 e. The lowest BCUT2D eigenvalue weighted by Gasteiger charge is -2.37. The lowest BCUT2D eigenvalue weighted by molar-refractivity contribution is 0.260. The van der Waals surface area contributed by atoms with Crippen molar-refractivity contribution in [2.75, 3.05) is 24.0 Å². The van der Waals surface area contributed by atoms with Crippen LogP contribution in [0.15, 0.2) is 0 Å². The van der Waals surface area contributed by atoms with Crippen molar-refractivity contribution < 1.29 is 9.09 Å². The van der Waals surface area contributed by atoms with Crippen LogP contribution in [-0.4, -0.2) is 24.0 Å². The van der Waals surface area contributed by atoms with Crippen molar-refractivity contribution in [3.8, 4) is 0 Å². The van der Waals surface area contributed by atoms with Crippen LogP contribution >= 0.6 is 19.1 Å². The fourth-order valence-electron chi connectivity index (χ4n) is 2.74. The van der Waals surface area contributed by atoms with E-state index in [2.05, 4.69) is 20.8 Å². The van der Waals surface area contributed by atoms with Crippen LogP contribution < -0.4 is 0 Å². The number of thioether (sulfide) groups is 1. The average Bonchev–Trinajstić information content (AvgIpc) is 2.32. The van der Waals surface area contributed by atoms with Gasteiger partial charge in [0.1, 0.15) is 0 Å². The molecule has 1 heterocycles. The van der Waals surface area contributed by atoms with E-state index in [1.807, 2.05) is 0 Å². The largest absolute Gasteiger partial charge is 0.317 e. The van der Waals surface area contributed by atoms with Crippen LogP contribution in [-0.2, 0) is 9.09 Å². The standard InChI is InChI=1S/C14H29O2PS/c1-4-6-8-14(3)9-7-10-17(15,12-14)16-13-18-11-5-2/h4-13H2,1-3H3. The molecule has 2 atom stereocenters. The molecule has 2 nitrogen and oxygen atoms in total. The molecule has 1 rings (SSSR count). The van der Waals surface area contributed by atoms with E-state index in [0.717, 1.165) is 30.9 Å². The van der Waals surface area contributed by atoms with Gasteiger partial charge in [-0.2, -0.15) is 0 Å². The van der Waals surface area contributed by atoms with Crippen molar-refractivity contribution in [1.29, 1.82) is 0 Å². The zero-order valence-corrected chi connectivity index (χ0v) is 14.0. The van der Waals surface area contributed by atoms with Gasteiger partial charge >= 0.3 is 0 Å². The van der Waals surface area contributed by atoms with Crippen LogP contribution in [0.25, 0.3) is 0 Å². The number of hydrogen-bond acceptors (Lipinski definition) is 3. The summed E-state index contributed by atoms with van der Waals surface area (Å²) in [5.41, 5.74) is 0.263. The molecule has 0 aromatic carbocycles. The van der Waals surface area contributed by atoms with Gasteiger partial charge in [0.05, 0.1) is 5.94 Å². The Labute approximate surface area is 117 Å². The Balaban J connectivity index is 2.42. The molecule has 1 fully saturated rings. The van der Waals surface area contributed by atoms with E-state index in [4.69, 9.17) is 4.52 Å². The van der Waals surface area contributed by atoms with Crippen LogP contribution in [0.1, 0.15) is 59.3 Å². The molecule has 108 valence electrons. The number of hydrogen-bond donors (Lipinski definition) is 0. The van der Waals surface area contributed by atoms with Gasteiger partial charge in [-0.05, 0) is 36.9 Å². The SMILES string of the molecule is CCCCC1(C)CCCP(=O)(OCSCCC)C1. The van der Waals surface area contributed by atoms with Crippen LogP contribution in [0.2, 0.25) is 0 Å². The summed E-state index contributed by atoms with van der Waals surface area (Å²) in [6.45, 7) is 6.69. The summed E-state index contributed by atoms with van der Waals surface area (Å²) in [6.07, 6.45) is 8.77. The van der Waals surface area contributed by atoms with E-state index in [1.165, 1.54) is 25.7 Å². The summed E-state index contributed by atoms with van der Waals surface area (Å²) in [5, 5.41) is 0. The third kappa shape index (κ3) is 5.67. The van der Waals surface area contributed by atoms with Crippen LogP contribution in [0, 0.1) is 5.41 Å². The van der Waals surface area contributed by atoms with E-state index in [-0.39, 0.29) is 5.41 Å². The zero-order chi connectivity index (χ0) is 13.5. The minimum Gasteiger partial charge on any atom is -0.317 e. The molecule has 1 aliphatic rings. The Hall–Kier alpha value is 0.540. The van der Waals surface area contributed by atoms with Crippen molar-refractivity contribution in [2.45, 2.75) is 59.3 Å². The molecule has 0 aromatic heterocycles. The Morgan fingerprint density at radius 2 is 2.11 bits per heavy atom. The van der Waals surface area contributed by atoms with Gasteiger partial charge in [0.15, 0.2) is 0 Å². The quantitative estimate of drug-likeness (QED) is 0.342. The van der Waals surface area contributed by atoms with E-state index in [0.29, 0.717) is 5.94 Å². The average molecular weight is 292 g/mol. The summed E-state index contributed by atoms with van der Waals surface area (Å²) in [4.78, 5) is 0. The summed E-state index contributed by atoms with van der Waals surface area (Å²) in [5.74, 6) is 1.72. The first kappa shape index (κ1) is 16.6. The maximum atomic E-state index is 12.7. The minimum absolute atomic E-state index is 0.263. The fourth-order valence-corrected chi connectivity index (χ4v) is 6.71. The molecule has 0 bridgehead atoms. The van der Waals surface area contributed by atoms with E-state index >= 15 is 0 Å². The highest BCUT2D eigenvalue weighted by Crippen LogP contribution is 2.58. The van der Waals surface area contributed by atoms with E-state index < -0.39 is 7.37 Å². The summed E-state index contributed by atoms with van der Waals surface area (Å²) < 4.78 is 18.5. The van der Waals surface area contributed by atoms with Gasteiger partial charge in [0.2, 0.25) is 7.37 Å². The van der Waals surface area contributed by atoms with Gasteiger partial charge < -0.3 is 4.52 Å². The predicted octanol–water partition coefficient (Wildman–Crippen LogP) is 5.37. The Morgan fingerprint density at radius 3 is 2.78 bits per heavy atom. The van der Waals surface area contributed by atoms with E-state index in [1.54, 1.807) is 11.8 Å². The topological polar surface area (TPSA) is 26.3 Å². The Kier molecular flexibility index (Phi) is 7.35. The highest BCUT2D eigenvalue weighted by atomic mass is 32.2. The second-order valence-corrected chi connectivity index (χ2v) is 9.57. The predicted molar refractivity (Wildman–Crippen MR) is 82.9 cm³/mol. The molecule has 0 N–H and O–H groups in total. The first-order valence-electron chi connectivity index (χ1n) is 7.34. The molecule has 0 spiro atoms. The van der Waals surface area contributed by atoms with E-state index in [9.17, 15) is 4.57 Å². The molecule has 18 heavy (non-hydrogen) atoms. The molecule has 0 aliphatic carbocycles. The van der Waals surface area contributed by atoms with Gasteiger partial charge in [0, 0.05) is 12.3 Å². The van der Waals surface area contributed by atoms with Crippen molar-refractivity contribution in [3.05, 3.63) is 0 Å². The smallest absolute Gasteiger partial charge is 0.204 e. The number of unbranched alkanes of at least 4 members (excludes halogenated alkanes) is 1. The zero-order valence-electron chi connectivity index (χ0n) is 12.2.